The Morgan fingerprint density at radius 1 is 1.83 bits per heavy atom. The topological polar surface area (TPSA) is 25.2 Å². The number of terminal acetylenes is 1. The molecule has 0 aromatic carbocycles. The summed E-state index contributed by atoms with van der Waals surface area (Å²) in [6, 6.07) is 1.62. The van der Waals surface area contributed by atoms with Crippen molar-refractivity contribution in [3.63, 3.8) is 0 Å². The molecule has 0 aliphatic rings. The summed E-state index contributed by atoms with van der Waals surface area (Å²) in [5.74, 6) is 2.59. The van der Waals surface area contributed by atoms with E-state index in [1.807, 2.05) is 6.92 Å². The van der Waals surface area contributed by atoms with Crippen LogP contribution in [-0.4, -0.2) is 6.54 Å². The molecule has 1 N–H and O–H groups in total. The Labute approximate surface area is 76.9 Å². The van der Waals surface area contributed by atoms with Crippen LogP contribution in [0.2, 0.25) is 5.22 Å². The van der Waals surface area contributed by atoms with Crippen molar-refractivity contribution in [3.05, 3.63) is 23.1 Å². The van der Waals surface area contributed by atoms with E-state index < -0.39 is 0 Å². The minimum absolute atomic E-state index is 0.152. The van der Waals surface area contributed by atoms with Crippen LogP contribution in [0.3, 0.4) is 0 Å². The molecular formula is C9H10ClNO. The molecule has 1 unspecified atom stereocenters. The maximum atomic E-state index is 5.75. The zero-order chi connectivity index (χ0) is 8.97. The third kappa shape index (κ3) is 1.82. The van der Waals surface area contributed by atoms with Crippen LogP contribution in [0.15, 0.2) is 16.7 Å². The molecular weight excluding hydrogens is 174 g/mol. The van der Waals surface area contributed by atoms with Gasteiger partial charge in [-0.25, -0.2) is 0 Å². The predicted molar refractivity (Wildman–Crippen MR) is 49.0 cm³/mol. The van der Waals surface area contributed by atoms with Gasteiger partial charge in [0.05, 0.1) is 12.3 Å². The molecule has 1 aromatic heterocycles. The monoisotopic (exact) mass is 183 g/mol. The zero-order valence-electron chi connectivity index (χ0n) is 6.80. The number of furan rings is 1. The Morgan fingerprint density at radius 3 is 3.00 bits per heavy atom. The molecule has 0 fully saturated rings. The van der Waals surface area contributed by atoms with Crippen molar-refractivity contribution in [1.82, 2.24) is 5.32 Å². The smallest absolute Gasteiger partial charge is 0.198 e. The second-order valence-corrected chi connectivity index (χ2v) is 2.65. The first kappa shape index (κ1) is 9.18. The molecule has 2 nitrogen and oxygen atoms in total. The van der Waals surface area contributed by atoms with Crippen LogP contribution in [-0.2, 0) is 0 Å². The minimum Gasteiger partial charge on any atom is -0.453 e. The second-order valence-electron chi connectivity index (χ2n) is 2.31. The lowest BCUT2D eigenvalue weighted by Crippen LogP contribution is -2.18. The van der Waals surface area contributed by atoms with Crippen molar-refractivity contribution in [1.29, 1.82) is 0 Å². The highest BCUT2D eigenvalue weighted by Gasteiger charge is 2.12. The molecule has 0 amide bonds. The van der Waals surface area contributed by atoms with Gasteiger partial charge in [-0.2, -0.15) is 0 Å². The minimum atomic E-state index is -0.152. The van der Waals surface area contributed by atoms with Crippen LogP contribution in [0.4, 0.5) is 0 Å². The highest BCUT2D eigenvalue weighted by atomic mass is 35.5. The lowest BCUT2D eigenvalue weighted by molar-refractivity contribution is 0.559. The van der Waals surface area contributed by atoms with Gasteiger partial charge < -0.3 is 9.73 Å². The Bertz CT molecular complexity index is 287. The molecule has 3 heteroatoms. The van der Waals surface area contributed by atoms with Crippen LogP contribution >= 0.6 is 11.6 Å². The molecule has 0 saturated heterocycles. The molecule has 0 radical (unpaired) electrons. The molecule has 1 rings (SSSR count). The second kappa shape index (κ2) is 4.20. The van der Waals surface area contributed by atoms with Crippen molar-refractivity contribution in [2.24, 2.45) is 0 Å². The van der Waals surface area contributed by atoms with Crippen LogP contribution in [0.1, 0.15) is 18.5 Å². The molecule has 1 atom stereocenters. The van der Waals surface area contributed by atoms with Crippen LogP contribution in [0, 0.1) is 12.3 Å². The van der Waals surface area contributed by atoms with Gasteiger partial charge in [0.2, 0.25) is 0 Å². The molecule has 0 spiro atoms. The molecule has 1 heterocycles. The zero-order valence-corrected chi connectivity index (χ0v) is 7.56. The molecule has 64 valence electrons. The van der Waals surface area contributed by atoms with Gasteiger partial charge in [-0.05, 0) is 24.2 Å². The number of hydrogen-bond acceptors (Lipinski definition) is 2. The fourth-order valence-corrected chi connectivity index (χ4v) is 1.20. The van der Waals surface area contributed by atoms with Gasteiger partial charge in [0.1, 0.15) is 0 Å². The van der Waals surface area contributed by atoms with E-state index in [4.69, 9.17) is 22.4 Å². The van der Waals surface area contributed by atoms with Crippen molar-refractivity contribution in [2.75, 3.05) is 6.54 Å². The third-order valence-electron chi connectivity index (χ3n) is 1.53. The van der Waals surface area contributed by atoms with Gasteiger partial charge in [-0.15, -0.1) is 6.42 Å². The average molecular weight is 184 g/mol. The fourth-order valence-electron chi connectivity index (χ4n) is 0.973. The van der Waals surface area contributed by atoms with Crippen LogP contribution in [0.25, 0.3) is 0 Å². The first-order chi connectivity index (χ1) is 5.79. The van der Waals surface area contributed by atoms with E-state index in [1.54, 1.807) is 6.07 Å². The summed E-state index contributed by atoms with van der Waals surface area (Å²) in [6.45, 7) is 2.79. The molecule has 1 aromatic rings. The summed E-state index contributed by atoms with van der Waals surface area (Å²) >= 11 is 5.75. The summed E-state index contributed by atoms with van der Waals surface area (Å²) in [6.07, 6.45) is 6.83. The largest absolute Gasteiger partial charge is 0.453 e. The molecule has 12 heavy (non-hydrogen) atoms. The Morgan fingerprint density at radius 2 is 2.58 bits per heavy atom. The first-order valence-electron chi connectivity index (χ1n) is 3.72. The summed E-state index contributed by atoms with van der Waals surface area (Å²) in [7, 11) is 0. The molecule has 0 bridgehead atoms. The van der Waals surface area contributed by atoms with E-state index in [-0.39, 0.29) is 6.04 Å². The number of halogens is 1. The number of hydrogen-bond donors (Lipinski definition) is 1. The highest BCUT2D eigenvalue weighted by molar-refractivity contribution is 6.29. The highest BCUT2D eigenvalue weighted by Crippen LogP contribution is 2.23. The molecule has 0 saturated carbocycles. The SMILES string of the molecule is C#CC(NCC)c1ccoc1Cl. The van der Waals surface area contributed by atoms with Gasteiger partial charge in [-0.3, -0.25) is 0 Å². The quantitative estimate of drug-likeness (QED) is 0.727. The van der Waals surface area contributed by atoms with E-state index in [2.05, 4.69) is 11.2 Å². The predicted octanol–water partition coefficient (Wildman–Crippen LogP) is 2.22. The van der Waals surface area contributed by atoms with Gasteiger partial charge in [0, 0.05) is 5.56 Å². The summed E-state index contributed by atoms with van der Waals surface area (Å²) in [5.41, 5.74) is 0.820. The number of nitrogens with one attached hydrogen (secondary N) is 1. The first-order valence-corrected chi connectivity index (χ1v) is 4.09. The summed E-state index contributed by atoms with van der Waals surface area (Å²) in [4.78, 5) is 0. The van der Waals surface area contributed by atoms with Crippen molar-refractivity contribution in [2.45, 2.75) is 13.0 Å². The van der Waals surface area contributed by atoms with Crippen molar-refractivity contribution >= 4 is 11.6 Å². The Kier molecular flexibility index (Phi) is 3.21. The summed E-state index contributed by atoms with van der Waals surface area (Å²) in [5, 5.41) is 3.46. The average Bonchev–Trinajstić information content (AvgIpc) is 2.47. The van der Waals surface area contributed by atoms with E-state index in [9.17, 15) is 0 Å². The maximum absolute atomic E-state index is 5.75. The van der Waals surface area contributed by atoms with E-state index in [0.29, 0.717) is 5.22 Å². The summed E-state index contributed by atoms with van der Waals surface area (Å²) < 4.78 is 4.92. The fraction of sp³-hybridized carbons (Fsp3) is 0.333. The normalized spacial score (nSPS) is 12.4. The van der Waals surface area contributed by atoms with Gasteiger partial charge >= 0.3 is 0 Å². The van der Waals surface area contributed by atoms with E-state index >= 15 is 0 Å². The Balaban J connectivity index is 2.81. The Hall–Kier alpha value is -0.910. The van der Waals surface area contributed by atoms with Crippen molar-refractivity contribution < 1.29 is 4.42 Å². The lowest BCUT2D eigenvalue weighted by Gasteiger charge is -2.08. The molecule has 0 aliphatic carbocycles. The van der Waals surface area contributed by atoms with E-state index in [1.165, 1.54) is 6.26 Å². The molecule has 0 aliphatic heterocycles. The maximum Gasteiger partial charge on any atom is 0.198 e. The van der Waals surface area contributed by atoms with Gasteiger partial charge in [0.25, 0.3) is 0 Å². The third-order valence-corrected chi connectivity index (χ3v) is 1.84. The van der Waals surface area contributed by atoms with E-state index in [0.717, 1.165) is 12.1 Å². The number of rotatable bonds is 3. The standard InChI is InChI=1S/C9H10ClNO/c1-3-8(11-4-2)7-5-6-12-9(7)10/h1,5-6,8,11H,4H2,2H3. The van der Waals surface area contributed by atoms with Crippen molar-refractivity contribution in [3.8, 4) is 12.3 Å². The van der Waals surface area contributed by atoms with Gasteiger partial charge in [-0.1, -0.05) is 12.8 Å². The van der Waals surface area contributed by atoms with Crippen LogP contribution in [0.5, 0.6) is 0 Å². The van der Waals surface area contributed by atoms with Gasteiger partial charge in [0.15, 0.2) is 5.22 Å². The lowest BCUT2D eigenvalue weighted by atomic mass is 10.1. The van der Waals surface area contributed by atoms with Crippen LogP contribution < -0.4 is 5.32 Å².